The van der Waals surface area contributed by atoms with Gasteiger partial charge in [0.15, 0.2) is 0 Å². The van der Waals surface area contributed by atoms with Crippen LogP contribution in [0.3, 0.4) is 0 Å². The number of ether oxygens (including phenoxy) is 3. The Morgan fingerprint density at radius 1 is 1.17 bits per heavy atom. The molecule has 0 atom stereocenters. The number of carbonyl (C=O) groups is 2. The molecule has 1 amide bonds. The van der Waals surface area contributed by atoms with Crippen LogP contribution in [0, 0.1) is 0 Å². The Hall–Kier alpha value is -2.38. The summed E-state index contributed by atoms with van der Waals surface area (Å²) in [5, 5.41) is 2.69. The third-order valence-electron chi connectivity index (χ3n) is 3.58. The van der Waals surface area contributed by atoms with E-state index < -0.39 is 11.9 Å². The Morgan fingerprint density at radius 2 is 1.83 bits per heavy atom. The first-order valence-corrected chi connectivity index (χ1v) is 7.63. The van der Waals surface area contributed by atoms with Crippen LogP contribution < -0.4 is 14.8 Å². The zero-order valence-electron chi connectivity index (χ0n) is 13.3. The predicted octanol–water partition coefficient (Wildman–Crippen LogP) is 0.854. The lowest BCUT2D eigenvalue weighted by molar-refractivity contribution is -0.155. The lowest BCUT2D eigenvalue weighted by Crippen LogP contribution is -2.43. The van der Waals surface area contributed by atoms with Crippen molar-refractivity contribution in [1.82, 2.24) is 15.3 Å². The number of hydrogen-bond donors (Lipinski definition) is 1. The summed E-state index contributed by atoms with van der Waals surface area (Å²) in [5.41, 5.74) is 0. The van der Waals surface area contributed by atoms with E-state index in [9.17, 15) is 9.59 Å². The smallest absolute Gasteiger partial charge is 0.396 e. The summed E-state index contributed by atoms with van der Waals surface area (Å²) in [4.78, 5) is 31.1. The molecule has 126 valence electrons. The van der Waals surface area contributed by atoms with Gasteiger partial charge in [-0.3, -0.25) is 4.79 Å². The quantitative estimate of drug-likeness (QED) is 0.633. The number of rotatable bonds is 5. The van der Waals surface area contributed by atoms with E-state index in [4.69, 9.17) is 9.47 Å². The van der Waals surface area contributed by atoms with E-state index in [0.29, 0.717) is 11.8 Å². The van der Waals surface area contributed by atoms with E-state index >= 15 is 0 Å². The summed E-state index contributed by atoms with van der Waals surface area (Å²) in [6, 6.07) is -0.0458. The molecule has 1 heterocycles. The van der Waals surface area contributed by atoms with E-state index in [1.165, 1.54) is 13.3 Å². The molecule has 1 N–H and O–H groups in total. The summed E-state index contributed by atoms with van der Waals surface area (Å²) in [7, 11) is 1.51. The minimum atomic E-state index is -0.838. The Bertz CT molecular complexity index is 544. The molecule has 1 aliphatic carbocycles. The molecule has 0 spiro atoms. The number of nitrogens with zero attached hydrogens (tertiary/aromatic N) is 2. The minimum Gasteiger partial charge on any atom is -0.477 e. The molecule has 1 saturated carbocycles. The van der Waals surface area contributed by atoms with Gasteiger partial charge in [-0.05, 0) is 32.6 Å². The number of esters is 1. The van der Waals surface area contributed by atoms with Crippen LogP contribution in [0.5, 0.6) is 11.8 Å². The fourth-order valence-corrected chi connectivity index (χ4v) is 2.46. The second-order valence-electron chi connectivity index (χ2n) is 5.16. The molecule has 0 radical (unpaired) electrons. The summed E-state index contributed by atoms with van der Waals surface area (Å²) in [6.45, 7) is 1.85. The summed E-state index contributed by atoms with van der Waals surface area (Å²) in [5.74, 6) is -0.804. The van der Waals surface area contributed by atoms with Crippen LogP contribution in [0.2, 0.25) is 0 Å². The molecule has 8 heteroatoms. The lowest BCUT2D eigenvalue weighted by Gasteiger charge is -2.29. The van der Waals surface area contributed by atoms with Crippen LogP contribution in [0.25, 0.3) is 0 Å². The van der Waals surface area contributed by atoms with E-state index in [1.54, 1.807) is 13.1 Å². The van der Waals surface area contributed by atoms with Gasteiger partial charge in [-0.15, -0.1) is 0 Å². The standard InChI is InChI=1S/C15H21N3O5/c1-3-22-15(20)12(19)18-10-4-6-11(7-5-10)23-14-13(21-2)16-8-9-17-14/h8-11H,3-7H2,1-2H3,(H,18,19). The lowest BCUT2D eigenvalue weighted by atomic mass is 9.93. The van der Waals surface area contributed by atoms with Crippen molar-refractivity contribution in [1.29, 1.82) is 0 Å². The molecule has 1 fully saturated rings. The second-order valence-corrected chi connectivity index (χ2v) is 5.16. The molecule has 1 aromatic heterocycles. The van der Waals surface area contributed by atoms with Crippen LogP contribution in [0.15, 0.2) is 12.4 Å². The van der Waals surface area contributed by atoms with Crippen LogP contribution >= 0.6 is 0 Å². The first-order chi connectivity index (χ1) is 11.1. The monoisotopic (exact) mass is 323 g/mol. The zero-order valence-corrected chi connectivity index (χ0v) is 13.3. The van der Waals surface area contributed by atoms with Gasteiger partial charge in [0, 0.05) is 18.4 Å². The molecule has 0 aromatic carbocycles. The minimum absolute atomic E-state index is 0.0173. The molecule has 1 aromatic rings. The number of amides is 1. The van der Waals surface area contributed by atoms with Crippen molar-refractivity contribution in [2.24, 2.45) is 0 Å². The molecule has 1 aliphatic rings. The van der Waals surface area contributed by atoms with Gasteiger partial charge in [0.2, 0.25) is 0 Å². The van der Waals surface area contributed by atoms with Crippen molar-refractivity contribution in [3.8, 4) is 11.8 Å². The van der Waals surface area contributed by atoms with Crippen molar-refractivity contribution in [3.05, 3.63) is 12.4 Å². The molecule has 0 saturated heterocycles. The maximum absolute atomic E-state index is 11.6. The van der Waals surface area contributed by atoms with E-state index in [-0.39, 0.29) is 18.8 Å². The Morgan fingerprint density at radius 3 is 2.43 bits per heavy atom. The highest BCUT2D eigenvalue weighted by Crippen LogP contribution is 2.27. The third-order valence-corrected chi connectivity index (χ3v) is 3.58. The number of nitrogens with one attached hydrogen (secondary N) is 1. The number of hydrogen-bond acceptors (Lipinski definition) is 7. The van der Waals surface area contributed by atoms with E-state index in [2.05, 4.69) is 20.0 Å². The Balaban J connectivity index is 1.80. The molecular formula is C15H21N3O5. The van der Waals surface area contributed by atoms with Crippen molar-refractivity contribution >= 4 is 11.9 Å². The molecule has 0 unspecified atom stereocenters. The highest BCUT2D eigenvalue weighted by molar-refractivity contribution is 6.32. The fourth-order valence-electron chi connectivity index (χ4n) is 2.46. The van der Waals surface area contributed by atoms with Crippen LogP contribution in [0.4, 0.5) is 0 Å². The Labute approximate surface area is 134 Å². The second kappa shape index (κ2) is 8.30. The fraction of sp³-hybridized carbons (Fsp3) is 0.600. The van der Waals surface area contributed by atoms with Crippen molar-refractivity contribution in [2.45, 2.75) is 44.8 Å². The van der Waals surface area contributed by atoms with Crippen LogP contribution in [0.1, 0.15) is 32.6 Å². The summed E-state index contributed by atoms with van der Waals surface area (Å²) < 4.78 is 15.6. The average Bonchev–Trinajstić information content (AvgIpc) is 2.57. The van der Waals surface area contributed by atoms with Gasteiger partial charge in [-0.25, -0.2) is 14.8 Å². The molecule has 2 rings (SSSR count). The van der Waals surface area contributed by atoms with E-state index in [0.717, 1.165) is 25.7 Å². The van der Waals surface area contributed by atoms with Gasteiger partial charge in [-0.1, -0.05) is 0 Å². The molecule has 8 nitrogen and oxygen atoms in total. The van der Waals surface area contributed by atoms with E-state index in [1.807, 2.05) is 0 Å². The Kier molecular flexibility index (Phi) is 6.13. The SMILES string of the molecule is CCOC(=O)C(=O)NC1CCC(Oc2nccnc2OC)CC1. The van der Waals surface area contributed by atoms with Crippen molar-refractivity contribution in [3.63, 3.8) is 0 Å². The summed E-state index contributed by atoms with van der Waals surface area (Å²) >= 11 is 0. The molecule has 23 heavy (non-hydrogen) atoms. The maximum Gasteiger partial charge on any atom is 0.396 e. The highest BCUT2D eigenvalue weighted by Gasteiger charge is 2.27. The van der Waals surface area contributed by atoms with Crippen molar-refractivity contribution in [2.75, 3.05) is 13.7 Å². The van der Waals surface area contributed by atoms with Gasteiger partial charge < -0.3 is 19.5 Å². The number of aromatic nitrogens is 2. The molecule has 0 bridgehead atoms. The van der Waals surface area contributed by atoms with Crippen LogP contribution in [-0.2, 0) is 14.3 Å². The topological polar surface area (TPSA) is 99.6 Å². The van der Waals surface area contributed by atoms with Crippen molar-refractivity contribution < 1.29 is 23.8 Å². The summed E-state index contributed by atoms with van der Waals surface area (Å²) in [6.07, 6.45) is 5.99. The highest BCUT2D eigenvalue weighted by atomic mass is 16.5. The van der Waals surface area contributed by atoms with Gasteiger partial charge in [0.1, 0.15) is 6.10 Å². The first kappa shape index (κ1) is 17.0. The largest absolute Gasteiger partial charge is 0.477 e. The predicted molar refractivity (Wildman–Crippen MR) is 80.0 cm³/mol. The maximum atomic E-state index is 11.6. The van der Waals surface area contributed by atoms with Crippen LogP contribution in [-0.4, -0.2) is 47.7 Å². The normalized spacial score (nSPS) is 20.4. The number of methoxy groups -OCH3 is 1. The van der Waals surface area contributed by atoms with Gasteiger partial charge in [0.25, 0.3) is 11.8 Å². The first-order valence-electron chi connectivity index (χ1n) is 7.63. The number of carbonyl (C=O) groups excluding carboxylic acids is 2. The third kappa shape index (κ3) is 4.80. The molecular weight excluding hydrogens is 302 g/mol. The average molecular weight is 323 g/mol. The van der Waals surface area contributed by atoms with Gasteiger partial charge in [-0.2, -0.15) is 0 Å². The zero-order chi connectivity index (χ0) is 16.7. The van der Waals surface area contributed by atoms with Gasteiger partial charge >= 0.3 is 11.9 Å². The molecule has 0 aliphatic heterocycles. The van der Waals surface area contributed by atoms with Gasteiger partial charge in [0.05, 0.1) is 13.7 Å².